The number of nitrogens with zero attached hydrogens (tertiary/aromatic N) is 1. The van der Waals surface area contributed by atoms with Crippen LogP contribution in [-0.2, 0) is 4.74 Å². The third-order valence-corrected chi connectivity index (χ3v) is 6.28. The highest BCUT2D eigenvalue weighted by Gasteiger charge is 2.21. The van der Waals surface area contributed by atoms with E-state index < -0.39 is 0 Å². The van der Waals surface area contributed by atoms with Crippen molar-refractivity contribution in [3.63, 3.8) is 0 Å². The lowest BCUT2D eigenvalue weighted by molar-refractivity contribution is 0.0905. The monoisotopic (exact) mass is 393 g/mol. The van der Waals surface area contributed by atoms with E-state index in [-0.39, 0.29) is 6.61 Å². The van der Waals surface area contributed by atoms with Crippen molar-refractivity contribution in [1.29, 1.82) is 0 Å². The van der Waals surface area contributed by atoms with Gasteiger partial charge >= 0.3 is 0 Å². The lowest BCUT2D eigenvalue weighted by Crippen LogP contribution is -2.27. The standard InChI is InChI=1S/C19H24ClN3O2S/c20-13-8-12-9-17(19-22-15(11-26-19)2-1-5-24)23-18(12)16(10-13)21-14-3-6-25-7-4-14/h8-10,14-15,21,23-24H,1-7,11H2. The number of rotatable bonds is 6. The van der Waals surface area contributed by atoms with Gasteiger partial charge in [-0.15, -0.1) is 11.8 Å². The van der Waals surface area contributed by atoms with E-state index in [4.69, 9.17) is 26.4 Å². The van der Waals surface area contributed by atoms with Crippen molar-refractivity contribution in [3.05, 3.63) is 28.9 Å². The number of aromatic amines is 1. The summed E-state index contributed by atoms with van der Waals surface area (Å²) < 4.78 is 5.45. The van der Waals surface area contributed by atoms with Crippen LogP contribution in [0.3, 0.4) is 0 Å². The van der Waals surface area contributed by atoms with Gasteiger partial charge in [0.1, 0.15) is 5.04 Å². The zero-order chi connectivity index (χ0) is 17.9. The summed E-state index contributed by atoms with van der Waals surface area (Å²) >= 11 is 8.14. The number of H-pyrrole nitrogens is 1. The van der Waals surface area contributed by atoms with Gasteiger partial charge in [0, 0.05) is 42.0 Å². The van der Waals surface area contributed by atoms with Crippen molar-refractivity contribution >= 4 is 45.0 Å². The molecule has 2 aromatic rings. The van der Waals surface area contributed by atoms with Crippen LogP contribution in [0.5, 0.6) is 0 Å². The van der Waals surface area contributed by atoms with Crippen molar-refractivity contribution in [2.75, 3.05) is 30.9 Å². The van der Waals surface area contributed by atoms with Gasteiger partial charge in [0.25, 0.3) is 0 Å². The average Bonchev–Trinajstić information content (AvgIpc) is 3.27. The van der Waals surface area contributed by atoms with Crippen LogP contribution < -0.4 is 5.32 Å². The summed E-state index contributed by atoms with van der Waals surface area (Å²) in [5.41, 5.74) is 3.18. The summed E-state index contributed by atoms with van der Waals surface area (Å²) in [4.78, 5) is 8.37. The molecule has 1 aromatic heterocycles. The summed E-state index contributed by atoms with van der Waals surface area (Å²) in [7, 11) is 0. The minimum absolute atomic E-state index is 0.234. The fourth-order valence-corrected chi connectivity index (χ4v) is 4.84. The molecule has 3 heterocycles. The molecule has 0 aliphatic carbocycles. The maximum Gasteiger partial charge on any atom is 0.114 e. The van der Waals surface area contributed by atoms with Crippen LogP contribution in [0.1, 0.15) is 31.4 Å². The normalized spacial score (nSPS) is 21.3. The molecule has 5 nitrogen and oxygen atoms in total. The second-order valence-corrected chi connectivity index (χ2v) is 8.34. The predicted molar refractivity (Wildman–Crippen MR) is 110 cm³/mol. The van der Waals surface area contributed by atoms with Gasteiger partial charge in [-0.3, -0.25) is 4.99 Å². The molecule has 2 aliphatic rings. The molecular weight excluding hydrogens is 370 g/mol. The lowest BCUT2D eigenvalue weighted by Gasteiger charge is -2.24. The molecule has 26 heavy (non-hydrogen) atoms. The highest BCUT2D eigenvalue weighted by Crippen LogP contribution is 2.33. The highest BCUT2D eigenvalue weighted by molar-refractivity contribution is 8.14. The summed E-state index contributed by atoms with van der Waals surface area (Å²) in [5, 5.41) is 15.5. The van der Waals surface area contributed by atoms with Crippen molar-refractivity contribution in [3.8, 4) is 0 Å². The maximum atomic E-state index is 9.01. The first kappa shape index (κ1) is 18.2. The molecule has 1 fully saturated rings. The number of aliphatic hydroxyl groups excluding tert-OH is 1. The van der Waals surface area contributed by atoms with Crippen LogP contribution in [0.15, 0.2) is 23.2 Å². The van der Waals surface area contributed by atoms with Crippen LogP contribution in [0.25, 0.3) is 10.9 Å². The largest absolute Gasteiger partial charge is 0.396 e. The van der Waals surface area contributed by atoms with Gasteiger partial charge in [0.05, 0.1) is 22.9 Å². The van der Waals surface area contributed by atoms with E-state index in [0.717, 1.165) is 77.0 Å². The highest BCUT2D eigenvalue weighted by atomic mass is 35.5. The Labute approximate surface area is 162 Å². The van der Waals surface area contributed by atoms with Crippen LogP contribution in [0, 0.1) is 0 Å². The van der Waals surface area contributed by atoms with Crippen LogP contribution >= 0.6 is 23.4 Å². The molecule has 1 saturated heterocycles. The quantitative estimate of drug-likeness (QED) is 0.692. The van der Waals surface area contributed by atoms with Gasteiger partial charge in [-0.1, -0.05) is 11.6 Å². The number of aliphatic hydroxyl groups is 1. The number of fused-ring (bicyclic) bond motifs is 1. The van der Waals surface area contributed by atoms with Gasteiger partial charge in [-0.05, 0) is 43.9 Å². The Morgan fingerprint density at radius 1 is 1.31 bits per heavy atom. The number of aliphatic imine (C=N–C) groups is 1. The summed E-state index contributed by atoms with van der Waals surface area (Å²) in [5.74, 6) is 0.985. The van der Waals surface area contributed by atoms with Crippen molar-refractivity contribution in [2.45, 2.75) is 37.8 Å². The van der Waals surface area contributed by atoms with E-state index in [9.17, 15) is 0 Å². The lowest BCUT2D eigenvalue weighted by atomic mass is 10.1. The first-order valence-electron chi connectivity index (χ1n) is 9.21. The van der Waals surface area contributed by atoms with Crippen LogP contribution in [0.2, 0.25) is 5.02 Å². The molecule has 4 rings (SSSR count). The zero-order valence-electron chi connectivity index (χ0n) is 14.6. The third kappa shape index (κ3) is 4.03. The number of halogens is 1. The topological polar surface area (TPSA) is 69.6 Å². The van der Waals surface area contributed by atoms with Gasteiger partial charge in [0.15, 0.2) is 0 Å². The molecule has 3 N–H and O–H groups in total. The first-order valence-corrected chi connectivity index (χ1v) is 10.6. The molecule has 1 atom stereocenters. The molecule has 0 amide bonds. The summed E-state index contributed by atoms with van der Waals surface area (Å²) in [6, 6.07) is 6.84. The molecule has 0 spiro atoms. The molecule has 1 unspecified atom stereocenters. The smallest absolute Gasteiger partial charge is 0.114 e. The second-order valence-electron chi connectivity index (χ2n) is 6.90. The minimum Gasteiger partial charge on any atom is -0.396 e. The van der Waals surface area contributed by atoms with Gasteiger partial charge in [-0.25, -0.2) is 0 Å². The Morgan fingerprint density at radius 2 is 2.15 bits per heavy atom. The van der Waals surface area contributed by atoms with Crippen LogP contribution in [0.4, 0.5) is 5.69 Å². The Morgan fingerprint density at radius 3 is 2.96 bits per heavy atom. The SMILES string of the molecule is OCCCC1CSC(c2cc3cc(Cl)cc(NC4CCOCC4)c3[nH]2)=N1. The second kappa shape index (κ2) is 8.21. The molecule has 0 bridgehead atoms. The first-order chi connectivity index (χ1) is 12.7. The van der Waals surface area contributed by atoms with E-state index in [1.165, 1.54) is 0 Å². The van der Waals surface area contributed by atoms with Gasteiger partial charge in [0.2, 0.25) is 0 Å². The van der Waals surface area contributed by atoms with Crippen LogP contribution in [-0.4, -0.2) is 52.8 Å². The van der Waals surface area contributed by atoms with Crippen molar-refractivity contribution in [1.82, 2.24) is 4.98 Å². The van der Waals surface area contributed by atoms with E-state index in [0.29, 0.717) is 12.1 Å². The van der Waals surface area contributed by atoms with Gasteiger partial charge < -0.3 is 20.1 Å². The Balaban J connectivity index is 1.59. The molecule has 140 valence electrons. The minimum atomic E-state index is 0.234. The summed E-state index contributed by atoms with van der Waals surface area (Å²) in [6.07, 6.45) is 3.77. The molecule has 0 saturated carbocycles. The van der Waals surface area contributed by atoms with E-state index in [1.807, 2.05) is 12.1 Å². The Hall–Kier alpha value is -1.21. The van der Waals surface area contributed by atoms with E-state index in [2.05, 4.69) is 16.4 Å². The van der Waals surface area contributed by atoms with E-state index >= 15 is 0 Å². The number of benzene rings is 1. The molecular formula is C19H24ClN3O2S. The fourth-order valence-electron chi connectivity index (χ4n) is 3.54. The number of ether oxygens (including phenoxy) is 1. The predicted octanol–water partition coefficient (Wildman–Crippen LogP) is 4.05. The number of hydrogen-bond donors (Lipinski definition) is 3. The number of thioether (sulfide) groups is 1. The van der Waals surface area contributed by atoms with E-state index in [1.54, 1.807) is 11.8 Å². The molecule has 0 radical (unpaired) electrons. The third-order valence-electron chi connectivity index (χ3n) is 4.91. The van der Waals surface area contributed by atoms with Crippen molar-refractivity contribution < 1.29 is 9.84 Å². The molecule has 7 heteroatoms. The van der Waals surface area contributed by atoms with Gasteiger partial charge in [-0.2, -0.15) is 0 Å². The summed E-state index contributed by atoms with van der Waals surface area (Å²) in [6.45, 7) is 1.85. The Bertz CT molecular complexity index is 801. The fraction of sp³-hybridized carbons (Fsp3) is 0.526. The molecule has 1 aromatic carbocycles. The number of hydrogen-bond acceptors (Lipinski definition) is 5. The average molecular weight is 394 g/mol. The molecule has 2 aliphatic heterocycles. The Kier molecular flexibility index (Phi) is 5.74. The number of anilines is 1. The zero-order valence-corrected chi connectivity index (χ0v) is 16.2. The maximum absolute atomic E-state index is 9.01. The number of nitrogens with one attached hydrogen (secondary N) is 2. The number of aromatic nitrogens is 1. The van der Waals surface area contributed by atoms with Crippen molar-refractivity contribution in [2.24, 2.45) is 4.99 Å².